The monoisotopic (exact) mass is 333 g/mol. The first-order valence-corrected chi connectivity index (χ1v) is 8.81. The van der Waals surface area contributed by atoms with Gasteiger partial charge >= 0.3 is 6.03 Å². The summed E-state index contributed by atoms with van der Waals surface area (Å²) in [5.41, 5.74) is -0.594. The quantitative estimate of drug-likeness (QED) is 0.829. The van der Waals surface area contributed by atoms with Crippen LogP contribution >= 0.6 is 0 Å². The fourth-order valence-electron chi connectivity index (χ4n) is 3.93. The van der Waals surface area contributed by atoms with Gasteiger partial charge in [0.1, 0.15) is 5.54 Å². The number of hydrogen-bond acceptors (Lipinski definition) is 6. The molecule has 1 aliphatic carbocycles. The fourth-order valence-corrected chi connectivity index (χ4v) is 3.93. The first-order chi connectivity index (χ1) is 11.6. The third kappa shape index (κ3) is 2.49. The van der Waals surface area contributed by atoms with Crippen LogP contribution in [0.4, 0.5) is 4.79 Å². The number of imide groups is 1. The summed E-state index contributed by atoms with van der Waals surface area (Å²) >= 11 is 0. The minimum absolute atomic E-state index is 0.0292. The molecule has 1 spiro atoms. The van der Waals surface area contributed by atoms with Gasteiger partial charge in [-0.25, -0.2) is 4.79 Å². The zero-order valence-corrected chi connectivity index (χ0v) is 14.0. The smallest absolute Gasteiger partial charge is 0.325 e. The molecule has 130 valence electrons. The predicted molar refractivity (Wildman–Crippen MR) is 83.9 cm³/mol. The zero-order valence-electron chi connectivity index (χ0n) is 14.0. The summed E-state index contributed by atoms with van der Waals surface area (Å²) in [6.45, 7) is 4.16. The molecule has 24 heavy (non-hydrogen) atoms. The Balaban J connectivity index is 1.43. The summed E-state index contributed by atoms with van der Waals surface area (Å²) < 4.78 is 5.15. The fraction of sp³-hybridized carbons (Fsp3) is 0.750. The number of rotatable bonds is 4. The Kier molecular flexibility index (Phi) is 3.79. The summed E-state index contributed by atoms with van der Waals surface area (Å²) in [4.78, 5) is 33.1. The van der Waals surface area contributed by atoms with E-state index in [1.165, 1.54) is 4.90 Å². The van der Waals surface area contributed by atoms with Crippen molar-refractivity contribution in [2.75, 3.05) is 13.1 Å². The van der Waals surface area contributed by atoms with Crippen molar-refractivity contribution < 1.29 is 14.1 Å². The largest absolute Gasteiger partial charge is 0.339 e. The van der Waals surface area contributed by atoms with Gasteiger partial charge in [0.2, 0.25) is 5.89 Å². The number of carbonyl (C=O) groups is 2. The first-order valence-electron chi connectivity index (χ1n) is 8.81. The molecule has 0 radical (unpaired) electrons. The summed E-state index contributed by atoms with van der Waals surface area (Å²) in [6, 6.07) is -0.289. The van der Waals surface area contributed by atoms with Crippen LogP contribution in [-0.2, 0) is 17.8 Å². The summed E-state index contributed by atoms with van der Waals surface area (Å²) in [5.74, 6) is 1.28. The summed E-state index contributed by atoms with van der Waals surface area (Å²) in [7, 11) is 0. The minimum Gasteiger partial charge on any atom is -0.339 e. The van der Waals surface area contributed by atoms with Crippen molar-refractivity contribution in [1.82, 2.24) is 25.3 Å². The highest BCUT2D eigenvalue weighted by Crippen LogP contribution is 2.38. The van der Waals surface area contributed by atoms with Crippen molar-refractivity contribution in [3.05, 3.63) is 11.7 Å². The van der Waals surface area contributed by atoms with Gasteiger partial charge in [-0.15, -0.1) is 0 Å². The number of aryl methyl sites for hydroxylation is 1. The van der Waals surface area contributed by atoms with Crippen molar-refractivity contribution >= 4 is 11.9 Å². The van der Waals surface area contributed by atoms with E-state index in [4.69, 9.17) is 4.52 Å². The Morgan fingerprint density at radius 2 is 2.17 bits per heavy atom. The van der Waals surface area contributed by atoms with Gasteiger partial charge in [-0.2, -0.15) is 4.98 Å². The molecule has 0 bridgehead atoms. The molecule has 3 fully saturated rings. The van der Waals surface area contributed by atoms with E-state index in [1.54, 1.807) is 0 Å². The highest BCUT2D eigenvalue weighted by Gasteiger charge is 2.56. The molecule has 2 saturated heterocycles. The van der Waals surface area contributed by atoms with Crippen molar-refractivity contribution in [2.24, 2.45) is 0 Å². The lowest BCUT2D eigenvalue weighted by Gasteiger charge is -2.38. The van der Waals surface area contributed by atoms with E-state index in [9.17, 15) is 9.59 Å². The molecular weight excluding hydrogens is 310 g/mol. The maximum absolute atomic E-state index is 12.7. The molecule has 8 nitrogen and oxygen atoms in total. The maximum Gasteiger partial charge on any atom is 0.325 e. The molecule has 1 aromatic heterocycles. The molecule has 4 rings (SSSR count). The number of amides is 3. The molecule has 0 aromatic carbocycles. The van der Waals surface area contributed by atoms with Crippen LogP contribution < -0.4 is 5.32 Å². The number of aromatic nitrogens is 2. The van der Waals surface area contributed by atoms with E-state index in [2.05, 4.69) is 20.4 Å². The lowest BCUT2D eigenvalue weighted by molar-refractivity contribution is -0.136. The van der Waals surface area contributed by atoms with E-state index in [0.29, 0.717) is 24.8 Å². The predicted octanol–water partition coefficient (Wildman–Crippen LogP) is 1.07. The van der Waals surface area contributed by atoms with Gasteiger partial charge in [0.05, 0.1) is 12.6 Å². The SMILES string of the molecule is CCc1nc(CN2CCCC(N3C(=O)NC4(CCC4)C3=O)C2)no1. The molecule has 1 aromatic rings. The minimum atomic E-state index is -0.594. The van der Waals surface area contributed by atoms with E-state index in [1.807, 2.05) is 6.92 Å². The highest BCUT2D eigenvalue weighted by molar-refractivity contribution is 6.07. The lowest BCUT2D eigenvalue weighted by atomic mass is 9.76. The number of urea groups is 1. The summed E-state index contributed by atoms with van der Waals surface area (Å²) in [5, 5.41) is 6.91. The van der Waals surface area contributed by atoms with Gasteiger partial charge < -0.3 is 9.84 Å². The lowest BCUT2D eigenvalue weighted by Crippen LogP contribution is -2.54. The molecule has 3 heterocycles. The Hall–Kier alpha value is -1.96. The average Bonchev–Trinajstić information content (AvgIpc) is 3.09. The van der Waals surface area contributed by atoms with Crippen LogP contribution in [0, 0.1) is 0 Å². The Bertz CT molecular complexity index is 654. The molecule has 1 unspecified atom stereocenters. The van der Waals surface area contributed by atoms with Gasteiger partial charge in [0.25, 0.3) is 5.91 Å². The van der Waals surface area contributed by atoms with Crippen LogP contribution in [0.15, 0.2) is 4.52 Å². The highest BCUT2D eigenvalue weighted by atomic mass is 16.5. The van der Waals surface area contributed by atoms with E-state index in [-0.39, 0.29) is 18.0 Å². The van der Waals surface area contributed by atoms with Crippen LogP contribution in [0.25, 0.3) is 0 Å². The molecule has 8 heteroatoms. The van der Waals surface area contributed by atoms with E-state index in [0.717, 1.165) is 45.1 Å². The van der Waals surface area contributed by atoms with Crippen molar-refractivity contribution in [3.8, 4) is 0 Å². The van der Waals surface area contributed by atoms with E-state index < -0.39 is 5.54 Å². The van der Waals surface area contributed by atoms with Crippen molar-refractivity contribution in [2.45, 2.75) is 63.6 Å². The van der Waals surface area contributed by atoms with Gasteiger partial charge in [-0.3, -0.25) is 14.6 Å². The number of piperidine rings is 1. The molecular formula is C16H23N5O3. The molecule has 2 aliphatic heterocycles. The van der Waals surface area contributed by atoms with Crippen LogP contribution in [0.3, 0.4) is 0 Å². The number of nitrogens with one attached hydrogen (secondary N) is 1. The molecule has 3 aliphatic rings. The Morgan fingerprint density at radius 1 is 1.33 bits per heavy atom. The standard InChI is InChI=1S/C16H23N5O3/c1-2-13-17-12(19-24-13)10-20-8-3-5-11(9-20)21-14(22)16(6-4-7-16)18-15(21)23/h11H,2-10H2,1H3,(H,18,23). The molecule has 3 amide bonds. The van der Waals surface area contributed by atoms with Crippen LogP contribution in [0.1, 0.15) is 50.7 Å². The van der Waals surface area contributed by atoms with Crippen molar-refractivity contribution in [1.29, 1.82) is 0 Å². The number of nitrogens with zero attached hydrogens (tertiary/aromatic N) is 4. The average molecular weight is 333 g/mol. The van der Waals surface area contributed by atoms with Crippen LogP contribution in [0.2, 0.25) is 0 Å². The number of carbonyl (C=O) groups excluding carboxylic acids is 2. The molecule has 1 atom stereocenters. The summed E-state index contributed by atoms with van der Waals surface area (Å²) in [6.07, 6.45) is 5.08. The second-order valence-electron chi connectivity index (χ2n) is 7.03. The Labute approximate surface area is 140 Å². The zero-order chi connectivity index (χ0) is 16.7. The number of likely N-dealkylation sites (tertiary alicyclic amines) is 1. The van der Waals surface area contributed by atoms with Gasteiger partial charge in [-0.1, -0.05) is 12.1 Å². The normalized spacial score (nSPS) is 26.7. The van der Waals surface area contributed by atoms with Crippen molar-refractivity contribution in [3.63, 3.8) is 0 Å². The maximum atomic E-state index is 12.7. The van der Waals surface area contributed by atoms with Crippen LogP contribution in [-0.4, -0.2) is 56.5 Å². The topological polar surface area (TPSA) is 91.6 Å². The number of hydrogen-bond donors (Lipinski definition) is 1. The van der Waals surface area contributed by atoms with E-state index >= 15 is 0 Å². The van der Waals surface area contributed by atoms with Gasteiger partial charge in [0, 0.05) is 13.0 Å². The molecule has 1 N–H and O–H groups in total. The molecule has 1 saturated carbocycles. The first kappa shape index (κ1) is 15.6. The second kappa shape index (κ2) is 5.84. The van der Waals surface area contributed by atoms with Gasteiger partial charge in [0.15, 0.2) is 5.82 Å². The van der Waals surface area contributed by atoms with Gasteiger partial charge in [-0.05, 0) is 38.6 Å². The Morgan fingerprint density at radius 3 is 2.79 bits per heavy atom. The second-order valence-corrected chi connectivity index (χ2v) is 7.03. The van der Waals surface area contributed by atoms with Crippen LogP contribution in [0.5, 0.6) is 0 Å². The third-order valence-electron chi connectivity index (χ3n) is 5.42. The third-order valence-corrected chi connectivity index (χ3v) is 5.42.